The number of carboxylic acids is 2. The van der Waals surface area contributed by atoms with Crippen molar-refractivity contribution in [2.24, 2.45) is 0 Å². The molecule has 30 heavy (non-hydrogen) atoms. The Bertz CT molecular complexity index is 918. The molecule has 1 atom stereocenters. The molecule has 1 aliphatic rings. The number of carbonyl (C=O) groups is 3. The van der Waals surface area contributed by atoms with Crippen LogP contribution in [-0.2, 0) is 27.2 Å². The first-order chi connectivity index (χ1) is 14.2. The van der Waals surface area contributed by atoms with Crippen LogP contribution in [-0.4, -0.2) is 83.4 Å². The highest BCUT2D eigenvalue weighted by Crippen LogP contribution is 2.23. The number of nitrogens with one attached hydrogen (secondary N) is 1. The van der Waals surface area contributed by atoms with E-state index in [-0.39, 0.29) is 12.1 Å². The summed E-state index contributed by atoms with van der Waals surface area (Å²) in [5, 5.41) is 16.9. The van der Waals surface area contributed by atoms with E-state index in [1.165, 1.54) is 22.0 Å². The van der Waals surface area contributed by atoms with Crippen molar-refractivity contribution in [1.82, 2.24) is 14.8 Å². The fourth-order valence-corrected chi connectivity index (χ4v) is 3.04. The maximum absolute atomic E-state index is 11.4. The molecular weight excluding hydrogens is 390 g/mol. The van der Waals surface area contributed by atoms with Gasteiger partial charge in [-0.3, -0.25) is 0 Å². The number of rotatable bonds is 7. The van der Waals surface area contributed by atoms with Crippen molar-refractivity contribution < 1.29 is 29.3 Å². The molecule has 9 heteroatoms. The van der Waals surface area contributed by atoms with Gasteiger partial charge in [0.05, 0.1) is 6.04 Å². The number of ether oxygens (including phenoxy) is 1. The number of nitrogens with zero attached hydrogens (tertiary/aromatic N) is 2. The third-order valence-electron chi connectivity index (χ3n) is 4.73. The van der Waals surface area contributed by atoms with Crippen molar-refractivity contribution in [3.05, 3.63) is 47.7 Å². The molecule has 1 amide bonds. The van der Waals surface area contributed by atoms with Crippen LogP contribution >= 0.6 is 0 Å². The third-order valence-corrected chi connectivity index (χ3v) is 4.73. The van der Waals surface area contributed by atoms with Crippen molar-refractivity contribution >= 4 is 28.9 Å². The standard InChI is InChI=1S/C17H23N3O2.C4H4O4/c1-19(2)7-6-13-10-18-16-5-4-12(9-15(13)16)8-14-11-22-17(21)20(14)3;5-3(6)1-2-4(7)8/h4-5,9-10,14,18H,6-8,11H2,1-3H3;1-2H,(H,5,6)(H,7,8). The van der Waals surface area contributed by atoms with Gasteiger partial charge in [0.15, 0.2) is 0 Å². The first-order valence-electron chi connectivity index (χ1n) is 9.44. The van der Waals surface area contributed by atoms with E-state index in [2.05, 4.69) is 48.4 Å². The molecule has 0 aliphatic carbocycles. The van der Waals surface area contributed by atoms with E-state index < -0.39 is 11.9 Å². The first kappa shape index (κ1) is 23.0. The van der Waals surface area contributed by atoms with E-state index in [1.807, 2.05) is 0 Å². The van der Waals surface area contributed by atoms with Crippen molar-refractivity contribution in [1.29, 1.82) is 0 Å². The molecule has 1 saturated heterocycles. The summed E-state index contributed by atoms with van der Waals surface area (Å²) in [7, 11) is 5.98. The molecule has 2 heterocycles. The van der Waals surface area contributed by atoms with Crippen LogP contribution in [0.25, 0.3) is 10.9 Å². The Kier molecular flexibility index (Phi) is 7.99. The summed E-state index contributed by atoms with van der Waals surface area (Å²) >= 11 is 0. The Morgan fingerprint density at radius 3 is 2.47 bits per heavy atom. The van der Waals surface area contributed by atoms with Crippen LogP contribution in [0.3, 0.4) is 0 Å². The molecule has 1 fully saturated rings. The zero-order chi connectivity index (χ0) is 22.3. The molecule has 3 N–H and O–H groups in total. The highest BCUT2D eigenvalue weighted by atomic mass is 16.6. The van der Waals surface area contributed by atoms with Gasteiger partial charge in [-0.1, -0.05) is 6.07 Å². The molecule has 1 aromatic heterocycles. The summed E-state index contributed by atoms with van der Waals surface area (Å²) in [6, 6.07) is 6.63. The van der Waals surface area contributed by atoms with Crippen molar-refractivity contribution in [2.45, 2.75) is 18.9 Å². The minimum Gasteiger partial charge on any atom is -0.478 e. The number of amides is 1. The Hall–Kier alpha value is -3.33. The lowest BCUT2D eigenvalue weighted by molar-refractivity contribution is -0.134. The molecule has 162 valence electrons. The molecule has 3 rings (SSSR count). The molecule has 1 unspecified atom stereocenters. The van der Waals surface area contributed by atoms with Crippen LogP contribution in [0.5, 0.6) is 0 Å². The highest BCUT2D eigenvalue weighted by molar-refractivity contribution is 5.89. The predicted octanol–water partition coefficient (Wildman–Crippen LogP) is 1.98. The van der Waals surface area contributed by atoms with Crippen molar-refractivity contribution in [3.63, 3.8) is 0 Å². The Balaban J connectivity index is 0.000000343. The van der Waals surface area contributed by atoms with Crippen LogP contribution in [0.4, 0.5) is 4.79 Å². The monoisotopic (exact) mass is 417 g/mol. The van der Waals surface area contributed by atoms with Crippen LogP contribution in [0, 0.1) is 0 Å². The number of aromatic nitrogens is 1. The Morgan fingerprint density at radius 2 is 1.93 bits per heavy atom. The van der Waals surface area contributed by atoms with Crippen LogP contribution in [0.2, 0.25) is 0 Å². The second-order valence-corrected chi connectivity index (χ2v) is 7.30. The lowest BCUT2D eigenvalue weighted by Crippen LogP contribution is -2.31. The largest absolute Gasteiger partial charge is 0.478 e. The SMILES string of the molecule is CN(C)CCc1c[nH]c2ccc(CC3COC(=O)N3C)cc12.O=C(O)C=CC(=O)O. The summed E-state index contributed by atoms with van der Waals surface area (Å²) in [4.78, 5) is 37.8. The average molecular weight is 417 g/mol. The zero-order valence-electron chi connectivity index (χ0n) is 17.3. The van der Waals surface area contributed by atoms with Gasteiger partial charge in [0.1, 0.15) is 6.61 Å². The van der Waals surface area contributed by atoms with E-state index >= 15 is 0 Å². The van der Waals surface area contributed by atoms with Gasteiger partial charge >= 0.3 is 18.0 Å². The quantitative estimate of drug-likeness (QED) is 0.589. The number of fused-ring (bicyclic) bond motifs is 1. The second kappa shape index (κ2) is 10.4. The minimum atomic E-state index is -1.26. The number of hydrogen-bond donors (Lipinski definition) is 3. The molecule has 0 saturated carbocycles. The summed E-state index contributed by atoms with van der Waals surface area (Å²) in [6.45, 7) is 1.51. The molecule has 9 nitrogen and oxygen atoms in total. The van der Waals surface area contributed by atoms with E-state index in [0.29, 0.717) is 18.8 Å². The lowest BCUT2D eigenvalue weighted by Gasteiger charge is -2.16. The molecule has 0 spiro atoms. The van der Waals surface area contributed by atoms with Crippen LogP contribution in [0.1, 0.15) is 11.1 Å². The normalized spacial score (nSPS) is 16.1. The smallest absolute Gasteiger partial charge is 0.409 e. The summed E-state index contributed by atoms with van der Waals surface area (Å²) in [5.41, 5.74) is 3.76. The van der Waals surface area contributed by atoms with Gasteiger partial charge < -0.3 is 29.7 Å². The molecule has 1 aromatic carbocycles. The average Bonchev–Trinajstić information content (AvgIpc) is 3.23. The number of H-pyrrole nitrogens is 1. The minimum absolute atomic E-state index is 0.133. The Labute approximate surface area is 174 Å². The summed E-state index contributed by atoms with van der Waals surface area (Å²) in [5.74, 6) is -2.51. The predicted molar refractivity (Wildman–Crippen MR) is 112 cm³/mol. The number of cyclic esters (lactones) is 1. The van der Waals surface area contributed by atoms with E-state index in [1.54, 1.807) is 11.9 Å². The van der Waals surface area contributed by atoms with Gasteiger partial charge in [-0.15, -0.1) is 0 Å². The lowest BCUT2D eigenvalue weighted by atomic mass is 10.0. The summed E-state index contributed by atoms with van der Waals surface area (Å²) in [6.07, 6.45) is 4.86. The molecular formula is C21H27N3O6. The van der Waals surface area contributed by atoms with E-state index in [4.69, 9.17) is 14.9 Å². The number of aromatic amines is 1. The van der Waals surface area contributed by atoms with Gasteiger partial charge in [0, 0.05) is 42.8 Å². The number of aliphatic carboxylic acids is 2. The van der Waals surface area contributed by atoms with E-state index in [9.17, 15) is 14.4 Å². The van der Waals surface area contributed by atoms with Crippen molar-refractivity contribution in [3.8, 4) is 0 Å². The number of likely N-dealkylation sites (N-methyl/N-ethyl adjacent to an activating group) is 2. The number of hydrogen-bond acceptors (Lipinski definition) is 5. The number of benzene rings is 1. The number of carbonyl (C=O) groups excluding carboxylic acids is 1. The molecule has 2 aromatic rings. The highest BCUT2D eigenvalue weighted by Gasteiger charge is 2.29. The number of carboxylic acid groups (broad SMARTS) is 2. The fourth-order valence-electron chi connectivity index (χ4n) is 3.04. The van der Waals surface area contributed by atoms with Crippen molar-refractivity contribution in [2.75, 3.05) is 34.3 Å². The first-order valence-corrected chi connectivity index (χ1v) is 9.44. The molecule has 1 aliphatic heterocycles. The Morgan fingerprint density at radius 1 is 1.27 bits per heavy atom. The van der Waals surface area contributed by atoms with E-state index in [0.717, 1.165) is 19.4 Å². The van der Waals surface area contributed by atoms with Gasteiger partial charge in [0.2, 0.25) is 0 Å². The topological polar surface area (TPSA) is 123 Å². The van der Waals surface area contributed by atoms with Crippen LogP contribution < -0.4 is 0 Å². The third kappa shape index (κ3) is 6.63. The van der Waals surface area contributed by atoms with Gasteiger partial charge in [0.25, 0.3) is 0 Å². The molecule has 0 bridgehead atoms. The second-order valence-electron chi connectivity index (χ2n) is 7.30. The maximum Gasteiger partial charge on any atom is 0.409 e. The molecule has 0 radical (unpaired) electrons. The van der Waals surface area contributed by atoms with Crippen LogP contribution in [0.15, 0.2) is 36.5 Å². The maximum atomic E-state index is 11.4. The summed E-state index contributed by atoms with van der Waals surface area (Å²) < 4.78 is 5.09. The zero-order valence-corrected chi connectivity index (χ0v) is 17.3. The fraction of sp³-hybridized carbons (Fsp3) is 0.381. The van der Waals surface area contributed by atoms with Gasteiger partial charge in [-0.25, -0.2) is 14.4 Å². The van der Waals surface area contributed by atoms with Gasteiger partial charge in [-0.05, 0) is 50.2 Å². The van der Waals surface area contributed by atoms with Gasteiger partial charge in [-0.2, -0.15) is 0 Å².